The Kier molecular flexibility index (Phi) is 11.9. The van der Waals surface area contributed by atoms with Crippen molar-refractivity contribution in [2.75, 3.05) is 18.8 Å². The second kappa shape index (κ2) is 14.4. The first-order valence-electron chi connectivity index (χ1n) is 12.4. The van der Waals surface area contributed by atoms with Gasteiger partial charge in [-0.3, -0.25) is 19.3 Å². The Hall–Kier alpha value is -2.82. The highest BCUT2D eigenvalue weighted by atomic mass is 32.2. The minimum Gasteiger partial charge on any atom is -0.368 e. The number of likely N-dealkylation sites (tertiary alicyclic amines) is 1. The van der Waals surface area contributed by atoms with Crippen molar-refractivity contribution < 1.29 is 27.6 Å². The Morgan fingerprint density at radius 2 is 1.76 bits per heavy atom. The van der Waals surface area contributed by atoms with E-state index in [9.17, 15) is 27.6 Å². The van der Waals surface area contributed by atoms with E-state index in [1.165, 1.54) is 30.3 Å². The molecule has 38 heavy (non-hydrogen) atoms. The average molecular weight is 557 g/mol. The Bertz CT molecular complexity index is 994. The first kappa shape index (κ1) is 31.4. The lowest BCUT2D eigenvalue weighted by molar-refractivity contribution is -0.137. The maximum absolute atomic E-state index is 12.6. The first-order valence-corrected chi connectivity index (χ1v) is 13.6. The summed E-state index contributed by atoms with van der Waals surface area (Å²) in [5.74, 6) is -0.786. The third kappa shape index (κ3) is 9.49. The van der Waals surface area contributed by atoms with Crippen LogP contribution in [0, 0.1) is 11.3 Å². The molecule has 1 saturated heterocycles. The second-order valence-electron chi connectivity index (χ2n) is 9.54. The molecule has 2 fully saturated rings. The molecule has 1 aliphatic carbocycles. The summed E-state index contributed by atoms with van der Waals surface area (Å²) >= 11 is 1.29. The fourth-order valence-corrected chi connectivity index (χ4v) is 5.41. The van der Waals surface area contributed by atoms with Crippen molar-refractivity contribution in [3.8, 4) is 6.07 Å². The number of hydrogen-bond donors (Lipinski definition) is 4. The van der Waals surface area contributed by atoms with Crippen molar-refractivity contribution >= 4 is 29.5 Å². The van der Waals surface area contributed by atoms with E-state index in [0.29, 0.717) is 24.3 Å². The van der Waals surface area contributed by atoms with Gasteiger partial charge in [0, 0.05) is 18.1 Å². The van der Waals surface area contributed by atoms with Crippen LogP contribution in [0.2, 0.25) is 0 Å². The van der Waals surface area contributed by atoms with Gasteiger partial charge >= 0.3 is 6.18 Å². The van der Waals surface area contributed by atoms with E-state index in [0.717, 1.165) is 44.2 Å². The maximum atomic E-state index is 12.6. The van der Waals surface area contributed by atoms with E-state index in [-0.39, 0.29) is 24.1 Å². The fraction of sp³-hybridized carbons (Fsp3) is 0.600. The third-order valence-electron chi connectivity index (χ3n) is 6.67. The number of thioether (sulfide) groups is 1. The number of nitrogens with two attached hydrogens (primary N) is 3. The van der Waals surface area contributed by atoms with Gasteiger partial charge in [-0.1, -0.05) is 31.4 Å². The summed E-state index contributed by atoms with van der Waals surface area (Å²) < 4.78 is 37.7. The molecule has 3 rings (SSSR count). The number of carbonyl (C=O) groups excluding carboxylic acids is 3. The van der Waals surface area contributed by atoms with Crippen LogP contribution in [0.15, 0.2) is 24.3 Å². The van der Waals surface area contributed by atoms with E-state index in [2.05, 4.69) is 5.32 Å². The molecule has 1 aromatic carbocycles. The predicted octanol–water partition coefficient (Wildman–Crippen LogP) is 2.03. The van der Waals surface area contributed by atoms with Gasteiger partial charge in [0.05, 0.1) is 29.8 Å². The molecule has 210 valence electrons. The van der Waals surface area contributed by atoms with E-state index >= 15 is 0 Å². The van der Waals surface area contributed by atoms with Gasteiger partial charge < -0.3 is 22.5 Å². The highest BCUT2D eigenvalue weighted by Gasteiger charge is 2.34. The summed E-state index contributed by atoms with van der Waals surface area (Å²) in [6.45, 7) is 0.789. The van der Waals surface area contributed by atoms with Gasteiger partial charge in [-0.25, -0.2) is 0 Å². The van der Waals surface area contributed by atoms with Crippen LogP contribution in [-0.4, -0.2) is 59.1 Å². The van der Waals surface area contributed by atoms with Crippen LogP contribution < -0.4 is 22.5 Å². The van der Waals surface area contributed by atoms with E-state index < -0.39 is 35.3 Å². The Morgan fingerprint density at radius 3 is 2.26 bits per heavy atom. The van der Waals surface area contributed by atoms with Gasteiger partial charge in [0.15, 0.2) is 0 Å². The molecule has 2 unspecified atom stereocenters. The number of nitrogens with zero attached hydrogens (tertiary/aromatic N) is 2. The summed E-state index contributed by atoms with van der Waals surface area (Å²) in [4.78, 5) is 36.6. The van der Waals surface area contributed by atoms with Crippen LogP contribution in [0.1, 0.15) is 56.1 Å². The summed E-state index contributed by atoms with van der Waals surface area (Å²) in [5.41, 5.74) is 15.5. The lowest BCUT2D eigenvalue weighted by atomic mass is 9.82. The Labute approximate surface area is 224 Å². The molecule has 0 bridgehead atoms. The molecule has 1 aliphatic heterocycles. The Balaban J connectivity index is 0.000000423. The van der Waals surface area contributed by atoms with Crippen LogP contribution in [0.4, 0.5) is 13.2 Å². The molecule has 2 atom stereocenters. The number of amides is 3. The number of nitrogens with one attached hydrogen (secondary N) is 1. The van der Waals surface area contributed by atoms with Crippen molar-refractivity contribution in [1.29, 1.82) is 5.26 Å². The van der Waals surface area contributed by atoms with Crippen molar-refractivity contribution in [2.45, 2.75) is 74.5 Å². The molecular weight excluding hydrogens is 521 g/mol. The minimum atomic E-state index is -4.38. The smallest absolute Gasteiger partial charge is 0.368 e. The molecule has 7 N–H and O–H groups in total. The van der Waals surface area contributed by atoms with Gasteiger partial charge in [0.25, 0.3) is 0 Å². The van der Waals surface area contributed by atoms with Gasteiger partial charge in [-0.2, -0.15) is 30.2 Å². The number of primary amides is 2. The molecular formula is C25H35F3N6O3S. The second-order valence-corrected chi connectivity index (χ2v) is 10.6. The molecule has 0 aromatic heterocycles. The summed E-state index contributed by atoms with van der Waals surface area (Å²) in [5, 5.41) is 11.4. The van der Waals surface area contributed by atoms with E-state index in [1.54, 1.807) is 4.90 Å². The molecule has 1 aromatic rings. The molecule has 13 heteroatoms. The third-order valence-corrected chi connectivity index (χ3v) is 7.78. The van der Waals surface area contributed by atoms with E-state index in [1.807, 2.05) is 6.07 Å². The van der Waals surface area contributed by atoms with Crippen molar-refractivity contribution in [3.05, 3.63) is 35.4 Å². The first-order chi connectivity index (χ1) is 17.9. The predicted molar refractivity (Wildman–Crippen MR) is 138 cm³/mol. The summed E-state index contributed by atoms with van der Waals surface area (Å²) in [6.07, 6.45) is 1.82. The minimum absolute atomic E-state index is 0.141. The maximum Gasteiger partial charge on any atom is 0.416 e. The number of hydrogen-bond acceptors (Lipinski definition) is 7. The molecule has 1 heterocycles. The monoisotopic (exact) mass is 556 g/mol. The quantitative estimate of drug-likeness (QED) is 0.337. The van der Waals surface area contributed by atoms with Crippen LogP contribution in [0.3, 0.4) is 0 Å². The van der Waals surface area contributed by atoms with Crippen LogP contribution >= 0.6 is 11.8 Å². The summed E-state index contributed by atoms with van der Waals surface area (Å²) in [7, 11) is 0. The Morgan fingerprint density at radius 1 is 1.13 bits per heavy atom. The SMILES string of the molecule is N#CCN1CCCC1C(=O)NC(CSCc1ccc(C(F)(F)F)cc1)C(N)=O.NC(=O)C1(N)CCCCC1. The number of benzene rings is 1. The standard InChI is InChI=1S/C18H21F3N4O2S.C7H14N2O/c19-18(20,21)13-5-3-12(4-6-13)10-28-11-14(16(23)26)24-17(27)15-2-1-8-25(15)9-7-22;8-6(10)7(9)4-2-1-3-5-7/h3-6,14-15H,1-2,8-11H2,(H2,23,26)(H,24,27);1-5,9H2,(H2,8,10). The largest absolute Gasteiger partial charge is 0.416 e. The van der Waals surface area contributed by atoms with Crippen LogP contribution in [0.5, 0.6) is 0 Å². The highest BCUT2D eigenvalue weighted by molar-refractivity contribution is 7.98. The zero-order chi connectivity index (χ0) is 28.3. The number of carbonyl (C=O) groups is 3. The average Bonchev–Trinajstić information content (AvgIpc) is 3.32. The van der Waals surface area contributed by atoms with Gasteiger partial charge in [-0.15, -0.1) is 0 Å². The summed E-state index contributed by atoms with van der Waals surface area (Å²) in [6, 6.07) is 5.44. The molecule has 0 spiro atoms. The normalized spacial score (nSPS) is 19.9. The van der Waals surface area contributed by atoms with E-state index in [4.69, 9.17) is 22.5 Å². The zero-order valence-corrected chi connectivity index (χ0v) is 22.0. The lowest BCUT2D eigenvalue weighted by Gasteiger charge is -2.29. The number of halogens is 3. The molecule has 2 aliphatic rings. The van der Waals surface area contributed by atoms with Crippen LogP contribution in [0.25, 0.3) is 0 Å². The highest BCUT2D eigenvalue weighted by Crippen LogP contribution is 2.29. The van der Waals surface area contributed by atoms with Gasteiger partial charge in [0.1, 0.15) is 6.04 Å². The number of alkyl halides is 3. The van der Waals surface area contributed by atoms with Crippen molar-refractivity contribution in [2.24, 2.45) is 17.2 Å². The van der Waals surface area contributed by atoms with Crippen LogP contribution in [-0.2, 0) is 26.3 Å². The fourth-order valence-electron chi connectivity index (χ4n) is 4.38. The zero-order valence-electron chi connectivity index (χ0n) is 21.1. The lowest BCUT2D eigenvalue weighted by Crippen LogP contribution is -2.53. The van der Waals surface area contributed by atoms with Gasteiger partial charge in [-0.05, 0) is 43.4 Å². The van der Waals surface area contributed by atoms with Gasteiger partial charge in [0.2, 0.25) is 17.7 Å². The topological polar surface area (TPSA) is 168 Å². The molecule has 9 nitrogen and oxygen atoms in total. The molecule has 0 radical (unpaired) electrons. The molecule has 1 saturated carbocycles. The number of nitriles is 1. The van der Waals surface area contributed by atoms with Crippen molar-refractivity contribution in [1.82, 2.24) is 10.2 Å². The molecule has 3 amide bonds. The van der Waals surface area contributed by atoms with Crippen molar-refractivity contribution in [3.63, 3.8) is 0 Å². The number of rotatable bonds is 9.